The smallest absolute Gasteiger partial charge is 0.247 e. The molecule has 3 rings (SSSR count). The standard InChI is InChI=1S/C19H18Br2N4O2S/c1-3-13-10(2)22-19(15-9-14(20)17(21)28-15)24-18(13)23-12-6-4-11(5-7-12)8-16(26)25-27/h4-7,9,27H,3,8H2,1-2H3,(H,25,26)(H,22,23,24). The van der Waals surface area contributed by atoms with Gasteiger partial charge in [-0.25, -0.2) is 15.4 Å². The third kappa shape index (κ3) is 4.78. The molecule has 0 aliphatic heterocycles. The fourth-order valence-electron chi connectivity index (χ4n) is 2.76. The summed E-state index contributed by atoms with van der Waals surface area (Å²) >= 11 is 8.60. The summed E-state index contributed by atoms with van der Waals surface area (Å²) in [7, 11) is 0. The first kappa shape index (κ1) is 20.9. The third-order valence-corrected chi connectivity index (χ3v) is 7.39. The topological polar surface area (TPSA) is 87.1 Å². The average Bonchev–Trinajstić information content (AvgIpc) is 3.01. The first-order chi connectivity index (χ1) is 13.4. The molecular weight excluding hydrogens is 508 g/mol. The lowest BCUT2D eigenvalue weighted by Crippen LogP contribution is -2.20. The molecule has 28 heavy (non-hydrogen) atoms. The number of thiophene rings is 1. The van der Waals surface area contributed by atoms with E-state index < -0.39 is 5.91 Å². The molecule has 0 saturated carbocycles. The molecule has 0 atom stereocenters. The van der Waals surface area contributed by atoms with Crippen molar-refractivity contribution in [3.05, 3.63) is 55.4 Å². The highest BCUT2D eigenvalue weighted by Crippen LogP contribution is 2.38. The third-order valence-electron chi connectivity index (χ3n) is 4.14. The highest BCUT2D eigenvalue weighted by molar-refractivity contribution is 9.13. The van der Waals surface area contributed by atoms with Gasteiger partial charge in [-0.05, 0) is 69.0 Å². The maximum Gasteiger partial charge on any atom is 0.247 e. The Bertz CT molecular complexity index is 986. The number of carbonyl (C=O) groups is 1. The molecule has 2 heterocycles. The Morgan fingerprint density at radius 3 is 2.50 bits per heavy atom. The number of aromatic nitrogens is 2. The Morgan fingerprint density at radius 1 is 1.21 bits per heavy atom. The van der Waals surface area contributed by atoms with Gasteiger partial charge in [0.15, 0.2) is 5.82 Å². The largest absolute Gasteiger partial charge is 0.340 e. The predicted molar refractivity (Wildman–Crippen MR) is 118 cm³/mol. The summed E-state index contributed by atoms with van der Waals surface area (Å²) in [4.78, 5) is 21.7. The molecule has 1 aromatic carbocycles. The van der Waals surface area contributed by atoms with E-state index in [9.17, 15) is 4.79 Å². The van der Waals surface area contributed by atoms with Crippen LogP contribution in [0.25, 0.3) is 10.7 Å². The van der Waals surface area contributed by atoms with Gasteiger partial charge in [0.1, 0.15) is 5.82 Å². The van der Waals surface area contributed by atoms with Crippen LogP contribution in [0.15, 0.2) is 38.6 Å². The summed E-state index contributed by atoms with van der Waals surface area (Å²) in [5.74, 6) is 0.995. The lowest BCUT2D eigenvalue weighted by Gasteiger charge is -2.14. The monoisotopic (exact) mass is 524 g/mol. The van der Waals surface area contributed by atoms with Crippen molar-refractivity contribution in [3.8, 4) is 10.7 Å². The van der Waals surface area contributed by atoms with Crippen LogP contribution in [0, 0.1) is 6.92 Å². The van der Waals surface area contributed by atoms with Crippen molar-refractivity contribution >= 4 is 60.6 Å². The van der Waals surface area contributed by atoms with Gasteiger partial charge < -0.3 is 5.32 Å². The van der Waals surface area contributed by atoms with Gasteiger partial charge in [0.2, 0.25) is 5.91 Å². The first-order valence-electron chi connectivity index (χ1n) is 8.52. The van der Waals surface area contributed by atoms with Gasteiger partial charge in [0.25, 0.3) is 0 Å². The van der Waals surface area contributed by atoms with Gasteiger partial charge in [-0.15, -0.1) is 11.3 Å². The number of hydroxylamine groups is 1. The number of nitrogens with one attached hydrogen (secondary N) is 2. The Morgan fingerprint density at radius 2 is 1.93 bits per heavy atom. The highest BCUT2D eigenvalue weighted by atomic mass is 79.9. The zero-order chi connectivity index (χ0) is 20.3. The maximum atomic E-state index is 11.3. The Balaban J connectivity index is 1.91. The van der Waals surface area contributed by atoms with Crippen LogP contribution >= 0.6 is 43.2 Å². The molecule has 3 N–H and O–H groups in total. The summed E-state index contributed by atoms with van der Waals surface area (Å²) in [5, 5.41) is 12.0. The number of hydrogen-bond donors (Lipinski definition) is 3. The normalized spacial score (nSPS) is 10.8. The number of rotatable bonds is 6. The molecule has 0 unspecified atom stereocenters. The number of anilines is 2. The maximum absolute atomic E-state index is 11.3. The van der Waals surface area contributed by atoms with Crippen LogP contribution in [0.1, 0.15) is 23.7 Å². The van der Waals surface area contributed by atoms with Crippen LogP contribution in [0.2, 0.25) is 0 Å². The van der Waals surface area contributed by atoms with Gasteiger partial charge in [0, 0.05) is 21.4 Å². The van der Waals surface area contributed by atoms with Crippen LogP contribution < -0.4 is 10.8 Å². The van der Waals surface area contributed by atoms with Gasteiger partial charge >= 0.3 is 0 Å². The minimum Gasteiger partial charge on any atom is -0.340 e. The molecule has 0 radical (unpaired) electrons. The SMILES string of the molecule is CCc1c(C)nc(-c2cc(Br)c(Br)s2)nc1Nc1ccc(CC(=O)NO)cc1. The highest BCUT2D eigenvalue weighted by Gasteiger charge is 2.15. The van der Waals surface area contributed by atoms with Crippen LogP contribution in [-0.2, 0) is 17.6 Å². The molecule has 2 aromatic heterocycles. The number of hydrogen-bond acceptors (Lipinski definition) is 6. The van der Waals surface area contributed by atoms with Crippen LogP contribution in [0.5, 0.6) is 0 Å². The molecule has 0 bridgehead atoms. The zero-order valence-corrected chi connectivity index (χ0v) is 19.2. The van der Waals surface area contributed by atoms with Gasteiger partial charge in [-0.2, -0.15) is 0 Å². The predicted octanol–water partition coefficient (Wildman–Crippen LogP) is 5.39. The van der Waals surface area contributed by atoms with E-state index in [4.69, 9.17) is 10.2 Å². The van der Waals surface area contributed by atoms with Crippen molar-refractivity contribution in [2.75, 3.05) is 5.32 Å². The molecule has 9 heteroatoms. The van der Waals surface area contributed by atoms with Crippen LogP contribution in [0.3, 0.4) is 0 Å². The minimum atomic E-state index is -0.446. The van der Waals surface area contributed by atoms with Crippen molar-refractivity contribution in [3.63, 3.8) is 0 Å². The molecular formula is C19H18Br2N4O2S. The first-order valence-corrected chi connectivity index (χ1v) is 10.9. The van der Waals surface area contributed by atoms with E-state index in [2.05, 4.69) is 49.1 Å². The van der Waals surface area contributed by atoms with Gasteiger partial charge in [-0.1, -0.05) is 19.1 Å². The molecule has 146 valence electrons. The van der Waals surface area contributed by atoms with Gasteiger partial charge in [-0.3, -0.25) is 10.0 Å². The number of benzene rings is 1. The van der Waals surface area contributed by atoms with E-state index >= 15 is 0 Å². The number of halogens is 2. The summed E-state index contributed by atoms with van der Waals surface area (Å²) in [6.07, 6.45) is 0.927. The van der Waals surface area contributed by atoms with Crippen molar-refractivity contribution in [2.24, 2.45) is 0 Å². The van der Waals surface area contributed by atoms with Crippen molar-refractivity contribution in [2.45, 2.75) is 26.7 Å². The molecule has 0 spiro atoms. The number of aryl methyl sites for hydroxylation is 1. The second-order valence-electron chi connectivity index (χ2n) is 6.08. The number of amides is 1. The molecule has 3 aromatic rings. The minimum absolute atomic E-state index is 0.121. The van der Waals surface area contributed by atoms with E-state index in [-0.39, 0.29) is 6.42 Å². The van der Waals surface area contributed by atoms with E-state index in [1.807, 2.05) is 37.3 Å². The average molecular weight is 526 g/mol. The van der Waals surface area contributed by atoms with Crippen molar-refractivity contribution < 1.29 is 10.0 Å². The molecule has 0 fully saturated rings. The van der Waals surface area contributed by atoms with Crippen molar-refractivity contribution in [1.29, 1.82) is 0 Å². The Kier molecular flexibility index (Phi) is 6.82. The number of carbonyl (C=O) groups excluding carboxylic acids is 1. The van der Waals surface area contributed by atoms with Crippen LogP contribution in [-0.4, -0.2) is 21.1 Å². The summed E-state index contributed by atoms with van der Waals surface area (Å²) in [6, 6.07) is 9.45. The quantitative estimate of drug-likeness (QED) is 0.296. The second kappa shape index (κ2) is 9.13. The van der Waals surface area contributed by atoms with Crippen LogP contribution in [0.4, 0.5) is 11.5 Å². The second-order valence-corrected chi connectivity index (χ2v) is 9.30. The lowest BCUT2D eigenvalue weighted by atomic mass is 10.1. The van der Waals surface area contributed by atoms with Crippen molar-refractivity contribution in [1.82, 2.24) is 15.4 Å². The zero-order valence-electron chi connectivity index (χ0n) is 15.2. The summed E-state index contributed by atoms with van der Waals surface area (Å²) in [6.45, 7) is 4.06. The van der Waals surface area contributed by atoms with Gasteiger partial charge in [0.05, 0.1) is 15.1 Å². The molecule has 0 saturated heterocycles. The fraction of sp³-hybridized carbons (Fsp3) is 0.211. The Hall–Kier alpha value is -1.81. The molecule has 0 aliphatic carbocycles. The summed E-state index contributed by atoms with van der Waals surface area (Å²) in [5.41, 5.74) is 5.30. The number of nitrogens with zero attached hydrogens (tertiary/aromatic N) is 2. The Labute approximate surface area is 183 Å². The molecule has 6 nitrogen and oxygen atoms in total. The molecule has 0 aliphatic rings. The van der Waals surface area contributed by atoms with E-state index in [1.54, 1.807) is 16.8 Å². The fourth-order valence-corrected chi connectivity index (χ4v) is 4.73. The van der Waals surface area contributed by atoms with E-state index in [1.165, 1.54) is 0 Å². The lowest BCUT2D eigenvalue weighted by molar-refractivity contribution is -0.128. The molecule has 1 amide bonds. The van der Waals surface area contributed by atoms with E-state index in [0.717, 1.165) is 47.9 Å². The van der Waals surface area contributed by atoms with E-state index in [0.29, 0.717) is 5.82 Å². The summed E-state index contributed by atoms with van der Waals surface area (Å²) < 4.78 is 1.98.